The molecule has 1 amide bonds. The molecule has 1 heterocycles. The zero-order valence-corrected chi connectivity index (χ0v) is 18.2. The molecule has 1 aliphatic rings. The molecule has 162 valence electrons. The number of hydrogen-bond acceptors (Lipinski definition) is 5. The van der Waals surface area contributed by atoms with Crippen molar-refractivity contribution < 1.29 is 19.1 Å². The quantitative estimate of drug-likeness (QED) is 0.481. The smallest absolute Gasteiger partial charge is 0.281 e. The molecule has 6 nitrogen and oxygen atoms in total. The van der Waals surface area contributed by atoms with Crippen LogP contribution in [0.4, 0.5) is 0 Å². The van der Waals surface area contributed by atoms with E-state index in [-0.39, 0.29) is 18.6 Å². The molecule has 0 saturated carbocycles. The summed E-state index contributed by atoms with van der Waals surface area (Å²) in [5.74, 6) is 0.873. The first kappa shape index (κ1) is 21.6. The molecule has 7 heteroatoms. The molecule has 3 aromatic carbocycles. The summed E-state index contributed by atoms with van der Waals surface area (Å²) in [6.45, 7) is -0.207. The molecular formula is C25H21ClN2O4. The average Bonchev–Trinajstić information content (AvgIpc) is 3.29. The Hall–Kier alpha value is -3.64. The molecule has 0 N–H and O–H groups in total. The lowest BCUT2D eigenvalue weighted by Crippen LogP contribution is -2.31. The second kappa shape index (κ2) is 9.66. The lowest BCUT2D eigenvalue weighted by Gasteiger charge is -2.22. The molecule has 32 heavy (non-hydrogen) atoms. The fourth-order valence-electron chi connectivity index (χ4n) is 3.55. The number of hydrogen-bond donors (Lipinski definition) is 0. The van der Waals surface area contributed by atoms with Crippen LogP contribution in [0.1, 0.15) is 33.9 Å². The van der Waals surface area contributed by atoms with Crippen molar-refractivity contribution in [2.75, 3.05) is 13.7 Å². The summed E-state index contributed by atoms with van der Waals surface area (Å²) in [6, 6.07) is 21.3. The topological polar surface area (TPSA) is 68.2 Å². The lowest BCUT2D eigenvalue weighted by atomic mass is 9.98. The lowest BCUT2D eigenvalue weighted by molar-refractivity contribution is -0.135. The van der Waals surface area contributed by atoms with E-state index in [9.17, 15) is 9.59 Å². The van der Waals surface area contributed by atoms with Crippen LogP contribution in [0.25, 0.3) is 0 Å². The molecule has 0 radical (unpaired) electrons. The van der Waals surface area contributed by atoms with Gasteiger partial charge in [0.25, 0.3) is 5.91 Å². The summed E-state index contributed by atoms with van der Waals surface area (Å²) in [6.07, 6.45) is 1.28. The highest BCUT2D eigenvalue weighted by molar-refractivity contribution is 6.30. The third-order valence-electron chi connectivity index (χ3n) is 5.18. The van der Waals surface area contributed by atoms with Crippen LogP contribution in [0.15, 0.2) is 77.9 Å². The number of amides is 1. The van der Waals surface area contributed by atoms with Crippen LogP contribution in [0.2, 0.25) is 5.02 Å². The van der Waals surface area contributed by atoms with Crippen LogP contribution >= 0.6 is 11.6 Å². The normalized spacial score (nSPS) is 15.2. The van der Waals surface area contributed by atoms with E-state index in [2.05, 4.69) is 5.10 Å². The fourth-order valence-corrected chi connectivity index (χ4v) is 3.68. The van der Waals surface area contributed by atoms with Gasteiger partial charge in [0, 0.05) is 22.6 Å². The number of rotatable bonds is 7. The zero-order chi connectivity index (χ0) is 22.5. The summed E-state index contributed by atoms with van der Waals surface area (Å²) in [7, 11) is 1.61. The van der Waals surface area contributed by atoms with Crippen LogP contribution in [0.3, 0.4) is 0 Å². The van der Waals surface area contributed by atoms with Crippen LogP contribution in [-0.2, 0) is 4.79 Å². The summed E-state index contributed by atoms with van der Waals surface area (Å²) in [4.78, 5) is 24.1. The fraction of sp³-hybridized carbons (Fsp3) is 0.160. The summed E-state index contributed by atoms with van der Waals surface area (Å²) in [5.41, 5.74) is 3.07. The van der Waals surface area contributed by atoms with Crippen molar-refractivity contribution in [3.63, 3.8) is 0 Å². The van der Waals surface area contributed by atoms with E-state index in [1.165, 1.54) is 5.01 Å². The number of benzene rings is 3. The van der Waals surface area contributed by atoms with Gasteiger partial charge in [0.05, 0.1) is 18.9 Å². The van der Waals surface area contributed by atoms with Crippen molar-refractivity contribution in [1.29, 1.82) is 0 Å². The van der Waals surface area contributed by atoms with E-state index in [1.54, 1.807) is 43.5 Å². The Morgan fingerprint density at radius 1 is 1.09 bits per heavy atom. The van der Waals surface area contributed by atoms with Crippen molar-refractivity contribution in [2.24, 2.45) is 5.10 Å². The number of carbonyl (C=O) groups is 2. The Kier molecular flexibility index (Phi) is 6.52. The van der Waals surface area contributed by atoms with Gasteiger partial charge in [-0.2, -0.15) is 5.10 Å². The highest BCUT2D eigenvalue weighted by Gasteiger charge is 2.33. The number of hydrazone groups is 1. The van der Waals surface area contributed by atoms with E-state index in [4.69, 9.17) is 21.1 Å². The Morgan fingerprint density at radius 3 is 2.59 bits per heavy atom. The van der Waals surface area contributed by atoms with Crippen LogP contribution in [0.5, 0.6) is 11.5 Å². The van der Waals surface area contributed by atoms with Crippen molar-refractivity contribution in [1.82, 2.24) is 5.01 Å². The third kappa shape index (κ3) is 4.81. The maximum absolute atomic E-state index is 13.1. The van der Waals surface area contributed by atoms with Crippen molar-refractivity contribution in [3.8, 4) is 11.5 Å². The third-order valence-corrected chi connectivity index (χ3v) is 5.43. The average molecular weight is 449 g/mol. The first-order valence-electron chi connectivity index (χ1n) is 10.0. The standard InChI is InChI=1S/C25H21ClN2O4/c1-31-21-6-3-5-19(13-21)23-14-24(18-8-10-20(26)11-9-18)28(27-23)25(30)16-32-22-7-2-4-17(12-22)15-29/h2-13,15,24H,14,16H2,1H3. The second-order valence-electron chi connectivity index (χ2n) is 7.27. The number of aldehydes is 1. The van der Waals surface area contributed by atoms with E-state index in [1.807, 2.05) is 36.4 Å². The molecular weight excluding hydrogens is 428 g/mol. The van der Waals surface area contributed by atoms with Gasteiger partial charge in [0.1, 0.15) is 17.8 Å². The molecule has 0 bridgehead atoms. The number of halogens is 1. The highest BCUT2D eigenvalue weighted by Crippen LogP contribution is 2.34. The van der Waals surface area contributed by atoms with Gasteiger partial charge < -0.3 is 9.47 Å². The van der Waals surface area contributed by atoms with Crippen LogP contribution in [-0.4, -0.2) is 36.6 Å². The molecule has 1 aliphatic heterocycles. The van der Waals surface area contributed by atoms with Gasteiger partial charge >= 0.3 is 0 Å². The SMILES string of the molecule is COc1cccc(C2=NN(C(=O)COc3cccc(C=O)c3)C(c3ccc(Cl)cc3)C2)c1. The van der Waals surface area contributed by atoms with Gasteiger partial charge in [-0.05, 0) is 42.0 Å². The summed E-state index contributed by atoms with van der Waals surface area (Å²) < 4.78 is 11.0. The number of ether oxygens (including phenoxy) is 2. The van der Waals surface area contributed by atoms with Crippen molar-refractivity contribution in [2.45, 2.75) is 12.5 Å². The van der Waals surface area contributed by atoms with E-state index < -0.39 is 0 Å². The Balaban J connectivity index is 1.59. The monoisotopic (exact) mass is 448 g/mol. The predicted octanol–water partition coefficient (Wildman–Crippen LogP) is 4.92. The maximum Gasteiger partial charge on any atom is 0.281 e. The first-order valence-corrected chi connectivity index (χ1v) is 10.4. The number of nitrogens with zero attached hydrogens (tertiary/aromatic N) is 2. The van der Waals surface area contributed by atoms with E-state index in [0.29, 0.717) is 22.8 Å². The Morgan fingerprint density at radius 2 is 1.84 bits per heavy atom. The van der Waals surface area contributed by atoms with Gasteiger partial charge in [-0.1, -0.05) is 48.0 Å². The maximum atomic E-state index is 13.1. The van der Waals surface area contributed by atoms with E-state index >= 15 is 0 Å². The van der Waals surface area contributed by atoms with Gasteiger partial charge in [0.15, 0.2) is 6.61 Å². The Bertz CT molecular complexity index is 1160. The molecule has 1 atom stereocenters. The van der Waals surface area contributed by atoms with Crippen LogP contribution < -0.4 is 9.47 Å². The van der Waals surface area contributed by atoms with Crippen molar-refractivity contribution >= 4 is 29.5 Å². The molecule has 3 aromatic rings. The summed E-state index contributed by atoms with van der Waals surface area (Å²) in [5, 5.41) is 6.72. The minimum atomic E-state index is -0.292. The molecule has 0 aromatic heterocycles. The minimum absolute atomic E-state index is 0.207. The Labute approximate surface area is 191 Å². The first-order chi connectivity index (χ1) is 15.6. The van der Waals surface area contributed by atoms with Gasteiger partial charge in [0.2, 0.25) is 0 Å². The molecule has 0 saturated heterocycles. The van der Waals surface area contributed by atoms with Crippen molar-refractivity contribution in [3.05, 3.63) is 94.5 Å². The number of carbonyl (C=O) groups excluding carboxylic acids is 2. The minimum Gasteiger partial charge on any atom is -0.497 e. The second-order valence-corrected chi connectivity index (χ2v) is 7.70. The van der Waals surface area contributed by atoms with Gasteiger partial charge in [-0.15, -0.1) is 0 Å². The molecule has 1 unspecified atom stereocenters. The van der Waals surface area contributed by atoms with Gasteiger partial charge in [-0.25, -0.2) is 5.01 Å². The zero-order valence-electron chi connectivity index (χ0n) is 17.4. The highest BCUT2D eigenvalue weighted by atomic mass is 35.5. The molecule has 4 rings (SSSR count). The van der Waals surface area contributed by atoms with Crippen LogP contribution in [0, 0.1) is 0 Å². The predicted molar refractivity (Wildman–Crippen MR) is 123 cm³/mol. The number of methoxy groups -OCH3 is 1. The largest absolute Gasteiger partial charge is 0.497 e. The van der Waals surface area contributed by atoms with E-state index in [0.717, 1.165) is 28.9 Å². The molecule has 0 aliphatic carbocycles. The van der Waals surface area contributed by atoms with Gasteiger partial charge in [-0.3, -0.25) is 9.59 Å². The molecule has 0 spiro atoms. The summed E-state index contributed by atoms with van der Waals surface area (Å²) >= 11 is 6.05. The molecule has 0 fully saturated rings.